The van der Waals surface area contributed by atoms with Gasteiger partial charge in [-0.05, 0) is 42.0 Å². The molecule has 0 bridgehead atoms. The lowest BCUT2D eigenvalue weighted by atomic mass is 9.56. The van der Waals surface area contributed by atoms with Crippen molar-refractivity contribution >= 4 is 5.91 Å². The van der Waals surface area contributed by atoms with Gasteiger partial charge in [-0.25, -0.2) is 4.39 Å². The van der Waals surface area contributed by atoms with E-state index in [9.17, 15) is 9.18 Å². The van der Waals surface area contributed by atoms with Gasteiger partial charge >= 0.3 is 0 Å². The Balaban J connectivity index is 1.29. The highest BCUT2D eigenvalue weighted by Crippen LogP contribution is 2.56. The molecule has 1 saturated carbocycles. The zero-order valence-corrected chi connectivity index (χ0v) is 13.0. The molecule has 23 heavy (non-hydrogen) atoms. The van der Waals surface area contributed by atoms with Crippen LogP contribution in [0.15, 0.2) is 54.6 Å². The summed E-state index contributed by atoms with van der Waals surface area (Å²) in [6.07, 6.45) is 2.76. The van der Waals surface area contributed by atoms with Crippen molar-refractivity contribution in [2.75, 3.05) is 13.1 Å². The van der Waals surface area contributed by atoms with Gasteiger partial charge in [-0.1, -0.05) is 42.5 Å². The molecule has 2 nitrogen and oxygen atoms in total. The van der Waals surface area contributed by atoms with Crippen LogP contribution in [0.3, 0.4) is 0 Å². The van der Waals surface area contributed by atoms with Crippen LogP contribution in [0.4, 0.5) is 4.39 Å². The molecular formula is C20H20FNO. The molecule has 0 atom stereocenters. The first-order valence-corrected chi connectivity index (χ1v) is 8.21. The Morgan fingerprint density at radius 2 is 1.70 bits per heavy atom. The van der Waals surface area contributed by atoms with Gasteiger partial charge in [0.1, 0.15) is 5.82 Å². The number of likely N-dealkylation sites (tertiary alicyclic amines) is 1. The van der Waals surface area contributed by atoms with Crippen LogP contribution in [0.5, 0.6) is 0 Å². The topological polar surface area (TPSA) is 20.3 Å². The highest BCUT2D eigenvalue weighted by molar-refractivity contribution is 5.79. The number of hydrogen-bond donors (Lipinski definition) is 0. The van der Waals surface area contributed by atoms with Gasteiger partial charge in [0.05, 0.1) is 6.42 Å². The molecule has 1 amide bonds. The Morgan fingerprint density at radius 1 is 1.04 bits per heavy atom. The number of carbonyl (C=O) groups excluding carboxylic acids is 1. The normalized spacial score (nSPS) is 19.3. The van der Waals surface area contributed by atoms with Crippen LogP contribution in [-0.2, 0) is 11.2 Å². The average Bonchev–Trinajstić information content (AvgIpc) is 2.48. The van der Waals surface area contributed by atoms with E-state index >= 15 is 0 Å². The molecule has 1 aliphatic heterocycles. The van der Waals surface area contributed by atoms with E-state index in [1.165, 1.54) is 30.5 Å². The maximum atomic E-state index is 12.9. The van der Waals surface area contributed by atoms with Crippen molar-refractivity contribution in [3.05, 3.63) is 71.5 Å². The van der Waals surface area contributed by atoms with Gasteiger partial charge in [0.2, 0.25) is 5.91 Å². The van der Waals surface area contributed by atoms with Gasteiger partial charge in [0.25, 0.3) is 0 Å². The van der Waals surface area contributed by atoms with E-state index in [4.69, 9.17) is 0 Å². The minimum Gasteiger partial charge on any atom is -0.341 e. The number of rotatable bonds is 3. The Kier molecular flexibility index (Phi) is 3.44. The first-order valence-electron chi connectivity index (χ1n) is 8.21. The molecule has 118 valence electrons. The minimum atomic E-state index is -0.259. The monoisotopic (exact) mass is 309 g/mol. The Hall–Kier alpha value is -2.16. The van der Waals surface area contributed by atoms with Gasteiger partial charge < -0.3 is 4.90 Å². The Morgan fingerprint density at radius 3 is 2.35 bits per heavy atom. The van der Waals surface area contributed by atoms with Crippen molar-refractivity contribution in [2.45, 2.75) is 25.2 Å². The summed E-state index contributed by atoms with van der Waals surface area (Å²) in [5, 5.41) is 0. The van der Waals surface area contributed by atoms with Crippen LogP contribution in [0.2, 0.25) is 0 Å². The van der Waals surface area contributed by atoms with Crippen molar-refractivity contribution in [1.29, 1.82) is 0 Å². The summed E-state index contributed by atoms with van der Waals surface area (Å²) < 4.78 is 12.9. The van der Waals surface area contributed by atoms with Crippen LogP contribution in [0.1, 0.15) is 29.9 Å². The number of hydrogen-bond acceptors (Lipinski definition) is 1. The lowest BCUT2D eigenvalue weighted by Crippen LogP contribution is -2.63. The SMILES string of the molecule is O=C(Cc1ccc(F)cc1)N1CC2(CC(c3ccccc3)C2)C1. The van der Waals surface area contributed by atoms with Gasteiger partial charge in [-0.3, -0.25) is 4.79 Å². The molecule has 0 unspecified atom stereocenters. The highest BCUT2D eigenvalue weighted by atomic mass is 19.1. The van der Waals surface area contributed by atoms with E-state index in [0.717, 1.165) is 18.7 Å². The van der Waals surface area contributed by atoms with Crippen LogP contribution in [-0.4, -0.2) is 23.9 Å². The van der Waals surface area contributed by atoms with Gasteiger partial charge in [-0.2, -0.15) is 0 Å². The van der Waals surface area contributed by atoms with E-state index in [-0.39, 0.29) is 11.7 Å². The first-order chi connectivity index (χ1) is 11.1. The molecule has 0 aromatic heterocycles. The fraction of sp³-hybridized carbons (Fsp3) is 0.350. The largest absolute Gasteiger partial charge is 0.341 e. The third kappa shape index (κ3) is 2.76. The van der Waals surface area contributed by atoms with E-state index in [2.05, 4.69) is 30.3 Å². The smallest absolute Gasteiger partial charge is 0.227 e. The van der Waals surface area contributed by atoms with Gasteiger partial charge in [0.15, 0.2) is 0 Å². The molecule has 0 radical (unpaired) electrons. The standard InChI is InChI=1S/C20H20FNO/c21-18-8-6-15(7-9-18)10-19(23)22-13-20(14-22)11-17(12-20)16-4-2-1-3-5-16/h1-9,17H,10-14H2. The summed E-state index contributed by atoms with van der Waals surface area (Å²) in [6, 6.07) is 16.9. The molecule has 0 N–H and O–H groups in total. The summed E-state index contributed by atoms with van der Waals surface area (Å²) in [6.45, 7) is 1.77. The summed E-state index contributed by atoms with van der Waals surface area (Å²) in [4.78, 5) is 14.2. The van der Waals surface area contributed by atoms with Crippen molar-refractivity contribution in [2.24, 2.45) is 5.41 Å². The maximum Gasteiger partial charge on any atom is 0.227 e. The quantitative estimate of drug-likeness (QED) is 0.845. The molecule has 4 rings (SSSR count). The van der Waals surface area contributed by atoms with E-state index in [0.29, 0.717) is 17.8 Å². The van der Waals surface area contributed by atoms with Gasteiger partial charge in [-0.15, -0.1) is 0 Å². The summed E-state index contributed by atoms with van der Waals surface area (Å²) >= 11 is 0. The number of benzene rings is 2. The number of amides is 1. The number of halogens is 1. The molecule has 1 spiro atoms. The zero-order valence-electron chi connectivity index (χ0n) is 13.0. The second-order valence-corrected chi connectivity index (χ2v) is 7.07. The molecule has 2 aromatic carbocycles. The second-order valence-electron chi connectivity index (χ2n) is 7.07. The molecule has 3 heteroatoms. The predicted molar refractivity (Wildman–Crippen MR) is 87.5 cm³/mol. The van der Waals surface area contributed by atoms with Crippen LogP contribution in [0.25, 0.3) is 0 Å². The molecule has 1 saturated heterocycles. The predicted octanol–water partition coefficient (Wildman–Crippen LogP) is 3.77. The van der Waals surface area contributed by atoms with Crippen LogP contribution in [0, 0.1) is 11.2 Å². The van der Waals surface area contributed by atoms with Gasteiger partial charge in [0, 0.05) is 18.5 Å². The second kappa shape index (κ2) is 5.48. The maximum absolute atomic E-state index is 12.9. The molecule has 2 fully saturated rings. The Bertz CT molecular complexity index is 696. The molecule has 2 aliphatic rings. The van der Waals surface area contributed by atoms with Crippen molar-refractivity contribution in [3.8, 4) is 0 Å². The molecule has 1 aliphatic carbocycles. The van der Waals surface area contributed by atoms with Crippen molar-refractivity contribution < 1.29 is 9.18 Å². The lowest BCUT2D eigenvalue weighted by Gasteiger charge is -2.59. The van der Waals surface area contributed by atoms with Crippen LogP contribution < -0.4 is 0 Å². The fourth-order valence-electron chi connectivity index (χ4n) is 4.03. The molecule has 1 heterocycles. The number of nitrogens with zero attached hydrogens (tertiary/aromatic N) is 1. The molecular weight excluding hydrogens is 289 g/mol. The lowest BCUT2D eigenvalue weighted by molar-refractivity contribution is -0.150. The first kappa shape index (κ1) is 14.4. The van der Waals surface area contributed by atoms with Crippen molar-refractivity contribution in [1.82, 2.24) is 4.90 Å². The third-order valence-electron chi connectivity index (χ3n) is 5.30. The summed E-state index contributed by atoms with van der Waals surface area (Å²) in [5.41, 5.74) is 2.67. The zero-order chi connectivity index (χ0) is 15.9. The number of carbonyl (C=O) groups is 1. The average molecular weight is 309 g/mol. The Labute approximate surface area is 135 Å². The fourth-order valence-corrected chi connectivity index (χ4v) is 4.03. The third-order valence-corrected chi connectivity index (χ3v) is 5.30. The van der Waals surface area contributed by atoms with E-state index < -0.39 is 0 Å². The summed E-state index contributed by atoms with van der Waals surface area (Å²) in [5.74, 6) is 0.557. The van der Waals surface area contributed by atoms with E-state index in [1.54, 1.807) is 12.1 Å². The summed E-state index contributed by atoms with van der Waals surface area (Å²) in [7, 11) is 0. The van der Waals surface area contributed by atoms with Crippen LogP contribution >= 0.6 is 0 Å². The molecule has 2 aromatic rings. The van der Waals surface area contributed by atoms with Crippen molar-refractivity contribution in [3.63, 3.8) is 0 Å². The highest BCUT2D eigenvalue weighted by Gasteiger charge is 2.53. The minimum absolute atomic E-state index is 0.158. The van der Waals surface area contributed by atoms with E-state index in [1.807, 2.05) is 4.90 Å².